The second kappa shape index (κ2) is 45.5. The summed E-state index contributed by atoms with van der Waals surface area (Å²) in [5.41, 5.74) is 0. The first kappa shape index (κ1) is 52.1. The lowest BCUT2D eigenvalue weighted by molar-refractivity contribution is -0.161. The molecule has 0 spiro atoms. The lowest BCUT2D eigenvalue weighted by Gasteiger charge is -2.15. The van der Waals surface area contributed by atoms with Gasteiger partial charge in [0.1, 0.15) is 6.61 Å². The Labute approximate surface area is 336 Å². The summed E-state index contributed by atoms with van der Waals surface area (Å²) in [6.45, 7) is 4.14. The highest BCUT2D eigenvalue weighted by atomic mass is 16.6. The smallest absolute Gasteiger partial charge is 0.306 e. The number of hydrogen-bond acceptors (Lipinski definition) is 5. The van der Waals surface area contributed by atoms with Crippen molar-refractivity contribution in [2.45, 2.75) is 251 Å². The second-order valence-electron chi connectivity index (χ2n) is 15.8. The van der Waals surface area contributed by atoms with Crippen molar-refractivity contribution >= 4 is 11.9 Å². The third kappa shape index (κ3) is 42.9. The van der Waals surface area contributed by atoms with E-state index in [1.807, 2.05) is 0 Å². The van der Waals surface area contributed by atoms with Crippen molar-refractivity contribution in [2.75, 3.05) is 13.2 Å². The fraction of sp³-hybridized carbons (Fsp3) is 0.837. The molecule has 1 N–H and O–H groups in total. The molecule has 1 unspecified atom stereocenters. The molecular formula is C49H90O5. The highest BCUT2D eigenvalue weighted by molar-refractivity contribution is 5.70. The van der Waals surface area contributed by atoms with Crippen LogP contribution < -0.4 is 0 Å². The lowest BCUT2D eigenvalue weighted by Crippen LogP contribution is -2.28. The summed E-state index contributed by atoms with van der Waals surface area (Å²) < 4.78 is 10.7. The van der Waals surface area contributed by atoms with E-state index in [1.165, 1.54) is 161 Å². The molecule has 0 radical (unpaired) electrons. The Hall–Kier alpha value is -1.88. The molecule has 316 valence electrons. The quantitative estimate of drug-likeness (QED) is 0.0381. The van der Waals surface area contributed by atoms with Crippen molar-refractivity contribution in [1.29, 1.82) is 0 Å². The molecule has 0 aliphatic rings. The lowest BCUT2D eigenvalue weighted by atomic mass is 10.0. The summed E-state index contributed by atoms with van der Waals surface area (Å²) in [4.78, 5) is 24.4. The fourth-order valence-electron chi connectivity index (χ4n) is 6.86. The minimum absolute atomic E-state index is 0.0679. The van der Waals surface area contributed by atoms with Crippen LogP contribution in [0.25, 0.3) is 0 Å². The number of allylic oxidation sites excluding steroid dienone is 6. The third-order valence-electron chi connectivity index (χ3n) is 10.4. The standard InChI is InChI=1S/C49H90O5/c1-3-5-7-9-11-13-15-17-19-21-23-24-26-28-30-32-34-36-38-40-42-44-49(52)54-47(45-50)46-53-48(51)43-41-39-37-35-33-31-29-27-25-22-20-18-16-14-12-10-8-6-4-2/h15,17,21,23,26,28,47,50H,3-14,16,18-20,22,24-25,27,29-46H2,1-2H3/b17-15-,23-21-,28-26-. The zero-order valence-corrected chi connectivity index (χ0v) is 36.0. The van der Waals surface area contributed by atoms with Gasteiger partial charge < -0.3 is 14.6 Å². The Morgan fingerprint density at radius 1 is 0.426 bits per heavy atom. The normalized spacial score (nSPS) is 12.4. The fourth-order valence-corrected chi connectivity index (χ4v) is 6.86. The minimum atomic E-state index is -0.776. The average molecular weight is 759 g/mol. The van der Waals surface area contributed by atoms with E-state index in [0.717, 1.165) is 57.8 Å². The first-order valence-electron chi connectivity index (χ1n) is 23.5. The summed E-state index contributed by atoms with van der Waals surface area (Å²) in [6.07, 6.45) is 56.5. The number of rotatable bonds is 43. The minimum Gasteiger partial charge on any atom is -0.462 e. The maximum atomic E-state index is 12.2. The SMILES string of the molecule is CCCCCCC/C=C\C/C=C\C/C=C\CCCCCCCCC(=O)OC(CO)COC(=O)CCCCCCCCCCCCCCCCCCCCC. The van der Waals surface area contributed by atoms with Crippen LogP contribution in [-0.4, -0.2) is 36.4 Å². The number of esters is 2. The molecule has 0 saturated carbocycles. The van der Waals surface area contributed by atoms with Crippen LogP contribution in [-0.2, 0) is 19.1 Å². The Morgan fingerprint density at radius 2 is 0.741 bits per heavy atom. The Balaban J connectivity index is 3.53. The van der Waals surface area contributed by atoms with Crippen LogP contribution in [0.2, 0.25) is 0 Å². The van der Waals surface area contributed by atoms with Gasteiger partial charge in [0.05, 0.1) is 6.61 Å². The number of aliphatic hydroxyl groups is 1. The van der Waals surface area contributed by atoms with Crippen molar-refractivity contribution < 1.29 is 24.2 Å². The van der Waals surface area contributed by atoms with E-state index in [0.29, 0.717) is 12.8 Å². The second-order valence-corrected chi connectivity index (χ2v) is 15.8. The molecule has 54 heavy (non-hydrogen) atoms. The zero-order valence-electron chi connectivity index (χ0n) is 36.0. The molecule has 0 aliphatic carbocycles. The predicted octanol–water partition coefficient (Wildman–Crippen LogP) is 15.2. The Morgan fingerprint density at radius 3 is 1.11 bits per heavy atom. The maximum absolute atomic E-state index is 12.2. The molecule has 0 aromatic rings. The predicted molar refractivity (Wildman–Crippen MR) is 233 cm³/mol. The van der Waals surface area contributed by atoms with E-state index in [4.69, 9.17) is 9.47 Å². The summed E-state index contributed by atoms with van der Waals surface area (Å²) in [5.74, 6) is -0.595. The van der Waals surface area contributed by atoms with Gasteiger partial charge in [0.25, 0.3) is 0 Å². The van der Waals surface area contributed by atoms with Gasteiger partial charge in [-0.2, -0.15) is 0 Å². The molecule has 0 fully saturated rings. The topological polar surface area (TPSA) is 72.8 Å². The molecule has 0 bridgehead atoms. The molecule has 5 heteroatoms. The van der Waals surface area contributed by atoms with Crippen LogP contribution in [0.5, 0.6) is 0 Å². The number of carbonyl (C=O) groups is 2. The number of carbonyl (C=O) groups excluding carboxylic acids is 2. The van der Waals surface area contributed by atoms with E-state index in [9.17, 15) is 14.7 Å². The average Bonchev–Trinajstić information content (AvgIpc) is 3.17. The van der Waals surface area contributed by atoms with Gasteiger partial charge in [0, 0.05) is 12.8 Å². The first-order valence-corrected chi connectivity index (χ1v) is 23.5. The van der Waals surface area contributed by atoms with E-state index in [1.54, 1.807) is 0 Å². The summed E-state index contributed by atoms with van der Waals surface area (Å²) in [6, 6.07) is 0. The van der Waals surface area contributed by atoms with Crippen LogP contribution in [0.15, 0.2) is 36.5 Å². The number of ether oxygens (including phenoxy) is 2. The molecule has 0 aromatic heterocycles. The number of unbranched alkanes of at least 4 members (excludes halogenated alkanes) is 29. The van der Waals surface area contributed by atoms with Crippen molar-refractivity contribution in [1.82, 2.24) is 0 Å². The van der Waals surface area contributed by atoms with Crippen molar-refractivity contribution in [2.24, 2.45) is 0 Å². The molecule has 0 rings (SSSR count). The van der Waals surface area contributed by atoms with Gasteiger partial charge in [-0.1, -0.05) is 217 Å². The van der Waals surface area contributed by atoms with Crippen molar-refractivity contribution in [3.63, 3.8) is 0 Å². The highest BCUT2D eigenvalue weighted by Crippen LogP contribution is 2.16. The van der Waals surface area contributed by atoms with Gasteiger partial charge in [-0.15, -0.1) is 0 Å². The molecule has 0 amide bonds. The number of hydrogen-bond donors (Lipinski definition) is 1. The van der Waals surface area contributed by atoms with Crippen molar-refractivity contribution in [3.8, 4) is 0 Å². The van der Waals surface area contributed by atoms with Crippen molar-refractivity contribution in [3.05, 3.63) is 36.5 Å². The van der Waals surface area contributed by atoms with Gasteiger partial charge in [-0.3, -0.25) is 9.59 Å². The van der Waals surface area contributed by atoms with Crippen LogP contribution in [0.3, 0.4) is 0 Å². The summed E-state index contributed by atoms with van der Waals surface area (Å²) in [7, 11) is 0. The van der Waals surface area contributed by atoms with Crippen LogP contribution in [0.4, 0.5) is 0 Å². The van der Waals surface area contributed by atoms with Crippen LogP contribution in [0, 0.1) is 0 Å². The van der Waals surface area contributed by atoms with Gasteiger partial charge >= 0.3 is 11.9 Å². The highest BCUT2D eigenvalue weighted by Gasteiger charge is 2.16. The van der Waals surface area contributed by atoms with Crippen LogP contribution in [0.1, 0.15) is 245 Å². The van der Waals surface area contributed by atoms with Gasteiger partial charge in [0.15, 0.2) is 6.10 Å². The van der Waals surface area contributed by atoms with E-state index in [-0.39, 0.29) is 25.2 Å². The van der Waals surface area contributed by atoms with Gasteiger partial charge in [-0.05, 0) is 51.4 Å². The van der Waals surface area contributed by atoms with E-state index >= 15 is 0 Å². The molecular weight excluding hydrogens is 669 g/mol. The van der Waals surface area contributed by atoms with E-state index in [2.05, 4.69) is 50.3 Å². The maximum Gasteiger partial charge on any atom is 0.306 e. The van der Waals surface area contributed by atoms with Crippen LogP contribution >= 0.6 is 0 Å². The summed E-state index contributed by atoms with van der Waals surface area (Å²) >= 11 is 0. The molecule has 0 aliphatic heterocycles. The zero-order chi connectivity index (χ0) is 39.3. The molecule has 0 saturated heterocycles. The first-order chi connectivity index (χ1) is 26.6. The van der Waals surface area contributed by atoms with Gasteiger partial charge in [-0.25, -0.2) is 0 Å². The molecule has 1 atom stereocenters. The molecule has 5 nitrogen and oxygen atoms in total. The Bertz CT molecular complexity index is 862. The summed E-state index contributed by atoms with van der Waals surface area (Å²) in [5, 5.41) is 9.60. The number of aliphatic hydroxyl groups excluding tert-OH is 1. The molecule has 0 heterocycles. The Kier molecular flexibility index (Phi) is 43.9. The van der Waals surface area contributed by atoms with E-state index < -0.39 is 6.10 Å². The monoisotopic (exact) mass is 759 g/mol. The molecule has 0 aromatic carbocycles. The van der Waals surface area contributed by atoms with Gasteiger partial charge in [0.2, 0.25) is 0 Å². The largest absolute Gasteiger partial charge is 0.462 e. The third-order valence-corrected chi connectivity index (χ3v) is 10.4.